The summed E-state index contributed by atoms with van der Waals surface area (Å²) in [5.74, 6) is 0. The zero-order chi connectivity index (χ0) is 9.38. The lowest BCUT2D eigenvalue weighted by Gasteiger charge is -1.95. The van der Waals surface area contributed by atoms with E-state index in [0.29, 0.717) is 0 Å². The van der Waals surface area contributed by atoms with Crippen LogP contribution in [0.15, 0.2) is 58.3 Å². The molecule has 1 aliphatic heterocycles. The van der Waals surface area contributed by atoms with E-state index in [1.165, 1.54) is 5.39 Å². The number of fused-ring (bicyclic) bond motifs is 1. The van der Waals surface area contributed by atoms with Gasteiger partial charge in [0.2, 0.25) is 0 Å². The molecule has 68 valence electrons. The summed E-state index contributed by atoms with van der Waals surface area (Å²) in [4.78, 5) is 0. The molecule has 1 aromatic heterocycles. The molecule has 1 nitrogen and oxygen atoms in total. The van der Waals surface area contributed by atoms with E-state index in [2.05, 4.69) is 35.7 Å². The standard InChI is InChI=1S/C12H10OSi/c1-2-6-11-10(5-1)9-12(13-11)14-7-3-4-8-14/h1-9,14H. The fraction of sp³-hybridized carbons (Fsp3) is 0. The molecule has 0 atom stereocenters. The first-order valence-electron chi connectivity index (χ1n) is 4.77. The maximum absolute atomic E-state index is 5.81. The van der Waals surface area contributed by atoms with Crippen molar-refractivity contribution in [3.63, 3.8) is 0 Å². The molecule has 2 heterocycles. The molecule has 0 saturated carbocycles. The molecule has 1 aromatic carbocycles. The quantitative estimate of drug-likeness (QED) is 0.639. The van der Waals surface area contributed by atoms with Crippen LogP contribution in [0, 0.1) is 0 Å². The van der Waals surface area contributed by atoms with Crippen LogP contribution in [-0.2, 0) is 0 Å². The van der Waals surface area contributed by atoms with Crippen LogP contribution in [0.4, 0.5) is 0 Å². The smallest absolute Gasteiger partial charge is 0.163 e. The molecule has 2 aromatic rings. The molecule has 2 heteroatoms. The van der Waals surface area contributed by atoms with E-state index in [1.807, 2.05) is 18.2 Å². The van der Waals surface area contributed by atoms with Crippen LogP contribution < -0.4 is 5.38 Å². The molecule has 0 spiro atoms. The molecule has 0 unspecified atom stereocenters. The molecular weight excluding hydrogens is 188 g/mol. The Morgan fingerprint density at radius 1 is 1.00 bits per heavy atom. The molecule has 3 rings (SSSR count). The van der Waals surface area contributed by atoms with Crippen LogP contribution in [0.2, 0.25) is 0 Å². The van der Waals surface area contributed by atoms with Gasteiger partial charge in [-0.2, -0.15) is 0 Å². The molecule has 14 heavy (non-hydrogen) atoms. The van der Waals surface area contributed by atoms with Crippen molar-refractivity contribution < 1.29 is 4.42 Å². The number of para-hydroxylation sites is 1. The Labute approximate surface area is 84.0 Å². The third-order valence-corrected chi connectivity index (χ3v) is 4.74. The van der Waals surface area contributed by atoms with Crippen molar-refractivity contribution >= 4 is 25.1 Å². The van der Waals surface area contributed by atoms with E-state index < -0.39 is 8.80 Å². The van der Waals surface area contributed by atoms with Crippen LogP contribution >= 0.6 is 0 Å². The highest BCUT2D eigenvalue weighted by molar-refractivity contribution is 6.82. The lowest BCUT2D eigenvalue weighted by molar-refractivity contribution is 0.651. The van der Waals surface area contributed by atoms with Crippen molar-refractivity contribution in [2.45, 2.75) is 0 Å². The Morgan fingerprint density at radius 3 is 2.57 bits per heavy atom. The van der Waals surface area contributed by atoms with Crippen molar-refractivity contribution in [3.05, 3.63) is 53.9 Å². The van der Waals surface area contributed by atoms with Crippen LogP contribution in [0.3, 0.4) is 0 Å². The summed E-state index contributed by atoms with van der Waals surface area (Å²) in [7, 11) is -1.04. The van der Waals surface area contributed by atoms with Gasteiger partial charge in [0.1, 0.15) is 5.58 Å². The number of hydrogen-bond acceptors (Lipinski definition) is 1. The van der Waals surface area contributed by atoms with Gasteiger partial charge in [-0.05, 0) is 12.1 Å². The summed E-state index contributed by atoms with van der Waals surface area (Å²) >= 11 is 0. The Hall–Kier alpha value is -1.54. The summed E-state index contributed by atoms with van der Waals surface area (Å²) < 4.78 is 5.81. The van der Waals surface area contributed by atoms with Gasteiger partial charge in [-0.15, -0.1) is 0 Å². The Kier molecular flexibility index (Phi) is 1.67. The average Bonchev–Trinajstić information content (AvgIpc) is 2.86. The predicted octanol–water partition coefficient (Wildman–Crippen LogP) is 2.07. The second-order valence-electron chi connectivity index (χ2n) is 3.48. The maximum atomic E-state index is 5.81. The number of benzene rings is 1. The zero-order valence-electron chi connectivity index (χ0n) is 7.68. The van der Waals surface area contributed by atoms with E-state index in [-0.39, 0.29) is 0 Å². The Morgan fingerprint density at radius 2 is 1.79 bits per heavy atom. The summed E-state index contributed by atoms with van der Waals surface area (Å²) in [5.41, 5.74) is 5.55. The van der Waals surface area contributed by atoms with Crippen LogP contribution in [-0.4, -0.2) is 8.80 Å². The summed E-state index contributed by atoms with van der Waals surface area (Å²) in [6.45, 7) is 0. The van der Waals surface area contributed by atoms with Crippen LogP contribution in [0.5, 0.6) is 0 Å². The number of furan rings is 1. The number of allylic oxidation sites excluding steroid dienone is 2. The van der Waals surface area contributed by atoms with Gasteiger partial charge in [0.05, 0.1) is 5.38 Å². The highest BCUT2D eigenvalue weighted by Gasteiger charge is 2.13. The van der Waals surface area contributed by atoms with Crippen molar-refractivity contribution in [1.29, 1.82) is 0 Å². The maximum Gasteiger partial charge on any atom is 0.163 e. The minimum absolute atomic E-state index is 1.00. The molecular formula is C12H10OSi. The van der Waals surface area contributed by atoms with E-state index in [4.69, 9.17) is 4.42 Å². The topological polar surface area (TPSA) is 13.1 Å². The summed E-state index contributed by atoms with van der Waals surface area (Å²) in [5, 5.41) is 2.37. The number of hydrogen-bond donors (Lipinski definition) is 0. The van der Waals surface area contributed by atoms with Gasteiger partial charge in [-0.3, -0.25) is 0 Å². The highest BCUT2D eigenvalue weighted by atomic mass is 28.3. The highest BCUT2D eigenvalue weighted by Crippen LogP contribution is 2.14. The second-order valence-corrected chi connectivity index (χ2v) is 5.87. The molecule has 0 saturated heterocycles. The van der Waals surface area contributed by atoms with Gasteiger partial charge in [0.15, 0.2) is 8.80 Å². The molecule has 0 radical (unpaired) electrons. The van der Waals surface area contributed by atoms with Crippen LogP contribution in [0.1, 0.15) is 0 Å². The largest absolute Gasteiger partial charge is 0.466 e. The summed E-state index contributed by atoms with van der Waals surface area (Å²) in [6, 6.07) is 10.3. The first-order valence-corrected chi connectivity index (χ1v) is 6.68. The van der Waals surface area contributed by atoms with Gasteiger partial charge in [0, 0.05) is 5.39 Å². The van der Waals surface area contributed by atoms with Gasteiger partial charge < -0.3 is 4.42 Å². The first-order chi connectivity index (χ1) is 6.93. The van der Waals surface area contributed by atoms with Crippen LogP contribution in [0.25, 0.3) is 11.0 Å². The van der Waals surface area contributed by atoms with Gasteiger partial charge in [-0.1, -0.05) is 41.7 Å². The Balaban J connectivity index is 2.14. The molecule has 1 aliphatic rings. The zero-order valence-corrected chi connectivity index (χ0v) is 8.84. The first kappa shape index (κ1) is 7.82. The fourth-order valence-electron chi connectivity index (χ4n) is 1.79. The fourth-order valence-corrected chi connectivity index (χ4v) is 3.67. The predicted molar refractivity (Wildman–Crippen MR) is 61.3 cm³/mol. The van der Waals surface area contributed by atoms with E-state index in [1.54, 1.807) is 0 Å². The SMILES string of the molecule is C1=C[SiH](c2cc3ccccc3o2)C=C1. The normalized spacial score (nSPS) is 15.7. The monoisotopic (exact) mass is 198 g/mol. The third kappa shape index (κ3) is 1.15. The molecule has 0 N–H and O–H groups in total. The van der Waals surface area contributed by atoms with Gasteiger partial charge in [0.25, 0.3) is 0 Å². The summed E-state index contributed by atoms with van der Waals surface area (Å²) in [6.07, 6.45) is 4.23. The van der Waals surface area contributed by atoms with E-state index in [9.17, 15) is 0 Å². The number of rotatable bonds is 1. The molecule has 0 bridgehead atoms. The minimum atomic E-state index is -1.04. The van der Waals surface area contributed by atoms with Crippen molar-refractivity contribution in [2.75, 3.05) is 0 Å². The molecule has 0 amide bonds. The second kappa shape index (κ2) is 2.99. The van der Waals surface area contributed by atoms with E-state index >= 15 is 0 Å². The molecule has 0 fully saturated rings. The molecule has 0 aliphatic carbocycles. The third-order valence-electron chi connectivity index (χ3n) is 2.52. The van der Waals surface area contributed by atoms with Crippen molar-refractivity contribution in [3.8, 4) is 0 Å². The lowest BCUT2D eigenvalue weighted by Crippen LogP contribution is -2.22. The average molecular weight is 198 g/mol. The van der Waals surface area contributed by atoms with Crippen molar-refractivity contribution in [1.82, 2.24) is 0 Å². The minimum Gasteiger partial charge on any atom is -0.466 e. The van der Waals surface area contributed by atoms with Gasteiger partial charge in [-0.25, -0.2) is 0 Å². The van der Waals surface area contributed by atoms with E-state index in [0.717, 1.165) is 11.0 Å². The Bertz CT molecular complexity index is 477. The van der Waals surface area contributed by atoms with Crippen molar-refractivity contribution in [2.24, 2.45) is 0 Å². The van der Waals surface area contributed by atoms with Gasteiger partial charge >= 0.3 is 0 Å². The lowest BCUT2D eigenvalue weighted by atomic mass is 10.3.